The van der Waals surface area contributed by atoms with Crippen molar-refractivity contribution in [2.45, 2.75) is 38.5 Å². The summed E-state index contributed by atoms with van der Waals surface area (Å²) in [4.78, 5) is 2.52. The van der Waals surface area contributed by atoms with E-state index in [9.17, 15) is 0 Å². The van der Waals surface area contributed by atoms with Crippen LogP contribution in [0, 0.1) is 5.92 Å². The standard InChI is InChI=1S/C19H29NO/c1-5-10-19(17-8-7-9-18(14-17)21-4)11-13-20(12-6-2)15-16(19)3/h6-9,14,16H,2,5,10-13,15H2,1,3-4H3/t16-,19+/m0/s1. The molecule has 0 radical (unpaired) electrons. The van der Waals surface area contributed by atoms with Crippen molar-refractivity contribution in [3.63, 3.8) is 0 Å². The molecule has 21 heavy (non-hydrogen) atoms. The third-order valence-electron chi connectivity index (χ3n) is 5.08. The van der Waals surface area contributed by atoms with Crippen molar-refractivity contribution in [2.75, 3.05) is 26.7 Å². The van der Waals surface area contributed by atoms with Crippen LogP contribution in [0.3, 0.4) is 0 Å². The molecule has 2 heteroatoms. The average Bonchev–Trinajstić information content (AvgIpc) is 2.50. The molecule has 0 aliphatic carbocycles. The van der Waals surface area contributed by atoms with Crippen LogP contribution >= 0.6 is 0 Å². The normalized spacial score (nSPS) is 26.5. The van der Waals surface area contributed by atoms with Gasteiger partial charge in [0.05, 0.1) is 7.11 Å². The summed E-state index contributed by atoms with van der Waals surface area (Å²) >= 11 is 0. The van der Waals surface area contributed by atoms with Crippen LogP contribution in [0.5, 0.6) is 5.75 Å². The highest BCUT2D eigenvalue weighted by Crippen LogP contribution is 2.44. The second kappa shape index (κ2) is 7.13. The second-order valence-electron chi connectivity index (χ2n) is 6.34. The fourth-order valence-corrected chi connectivity index (χ4v) is 3.93. The summed E-state index contributed by atoms with van der Waals surface area (Å²) in [7, 11) is 1.75. The first-order valence-corrected chi connectivity index (χ1v) is 8.14. The minimum Gasteiger partial charge on any atom is -0.497 e. The summed E-state index contributed by atoms with van der Waals surface area (Å²) in [6, 6.07) is 8.71. The molecule has 1 aromatic rings. The molecular weight excluding hydrogens is 258 g/mol. The molecule has 1 aliphatic heterocycles. The smallest absolute Gasteiger partial charge is 0.119 e. The van der Waals surface area contributed by atoms with Crippen molar-refractivity contribution < 1.29 is 4.74 Å². The first kappa shape index (κ1) is 16.1. The van der Waals surface area contributed by atoms with Crippen LogP contribution in [0.25, 0.3) is 0 Å². The van der Waals surface area contributed by atoms with E-state index in [2.05, 4.69) is 43.5 Å². The van der Waals surface area contributed by atoms with E-state index >= 15 is 0 Å². The summed E-state index contributed by atoms with van der Waals surface area (Å²) < 4.78 is 5.44. The molecule has 1 heterocycles. The number of ether oxygens (including phenoxy) is 1. The summed E-state index contributed by atoms with van der Waals surface area (Å²) in [6.45, 7) is 11.9. The van der Waals surface area contributed by atoms with Gasteiger partial charge >= 0.3 is 0 Å². The van der Waals surface area contributed by atoms with Crippen LogP contribution in [0.1, 0.15) is 38.7 Å². The van der Waals surface area contributed by atoms with Crippen LogP contribution in [-0.2, 0) is 5.41 Å². The lowest BCUT2D eigenvalue weighted by Crippen LogP contribution is -2.48. The molecule has 0 N–H and O–H groups in total. The number of piperidine rings is 1. The quantitative estimate of drug-likeness (QED) is 0.725. The van der Waals surface area contributed by atoms with Crippen LogP contribution in [0.15, 0.2) is 36.9 Å². The van der Waals surface area contributed by atoms with E-state index in [-0.39, 0.29) is 0 Å². The SMILES string of the molecule is C=CCN1CC[C@@](CCC)(c2cccc(OC)c2)[C@@H](C)C1. The minimum absolute atomic E-state index is 0.293. The van der Waals surface area contributed by atoms with Crippen molar-refractivity contribution in [1.29, 1.82) is 0 Å². The molecule has 0 saturated carbocycles. The van der Waals surface area contributed by atoms with Crippen molar-refractivity contribution in [3.8, 4) is 5.75 Å². The van der Waals surface area contributed by atoms with Gasteiger partial charge in [0.25, 0.3) is 0 Å². The number of hydrogen-bond donors (Lipinski definition) is 0. The monoisotopic (exact) mass is 287 g/mol. The van der Waals surface area contributed by atoms with E-state index in [1.165, 1.54) is 24.8 Å². The van der Waals surface area contributed by atoms with Crippen molar-refractivity contribution in [1.82, 2.24) is 4.90 Å². The predicted molar refractivity (Wildman–Crippen MR) is 90.0 cm³/mol. The highest BCUT2D eigenvalue weighted by molar-refractivity contribution is 5.35. The van der Waals surface area contributed by atoms with Gasteiger partial charge in [0.15, 0.2) is 0 Å². The molecule has 0 amide bonds. The van der Waals surface area contributed by atoms with Crippen LogP contribution in [0.2, 0.25) is 0 Å². The fraction of sp³-hybridized carbons (Fsp3) is 0.579. The van der Waals surface area contributed by atoms with Gasteiger partial charge in [0, 0.05) is 18.5 Å². The Morgan fingerprint density at radius 1 is 1.48 bits per heavy atom. The lowest BCUT2D eigenvalue weighted by molar-refractivity contribution is 0.101. The van der Waals surface area contributed by atoms with Crippen LogP contribution < -0.4 is 4.74 Å². The third kappa shape index (κ3) is 3.32. The molecule has 0 aromatic heterocycles. The predicted octanol–water partition coefficient (Wildman–Crippen LogP) is 4.26. The average molecular weight is 287 g/mol. The summed E-state index contributed by atoms with van der Waals surface area (Å²) in [5.74, 6) is 1.63. The Bertz CT molecular complexity index is 470. The molecule has 1 saturated heterocycles. The Kier molecular flexibility index (Phi) is 5.46. The minimum atomic E-state index is 0.293. The first-order valence-electron chi connectivity index (χ1n) is 8.14. The van der Waals surface area contributed by atoms with E-state index in [1.807, 2.05) is 12.1 Å². The second-order valence-corrected chi connectivity index (χ2v) is 6.34. The Morgan fingerprint density at radius 3 is 2.90 bits per heavy atom. The zero-order valence-corrected chi connectivity index (χ0v) is 13.8. The summed E-state index contributed by atoms with van der Waals surface area (Å²) in [6.07, 6.45) is 5.72. The maximum absolute atomic E-state index is 5.44. The number of benzene rings is 1. The van der Waals surface area contributed by atoms with Gasteiger partial charge in [-0.1, -0.05) is 38.5 Å². The highest BCUT2D eigenvalue weighted by Gasteiger charge is 2.41. The van der Waals surface area contributed by atoms with Gasteiger partial charge in [0.1, 0.15) is 5.75 Å². The molecule has 1 aromatic carbocycles. The zero-order chi connectivity index (χ0) is 15.3. The lowest BCUT2D eigenvalue weighted by Gasteiger charge is -2.47. The van der Waals surface area contributed by atoms with E-state index in [1.54, 1.807) is 7.11 Å². The number of nitrogens with zero attached hydrogens (tertiary/aromatic N) is 1. The van der Waals surface area contributed by atoms with Gasteiger partial charge in [-0.2, -0.15) is 0 Å². The number of hydrogen-bond acceptors (Lipinski definition) is 2. The summed E-state index contributed by atoms with van der Waals surface area (Å²) in [5.41, 5.74) is 1.75. The number of likely N-dealkylation sites (tertiary alicyclic amines) is 1. The van der Waals surface area contributed by atoms with Crippen molar-refractivity contribution in [3.05, 3.63) is 42.5 Å². The summed E-state index contributed by atoms with van der Waals surface area (Å²) in [5, 5.41) is 0. The zero-order valence-electron chi connectivity index (χ0n) is 13.8. The topological polar surface area (TPSA) is 12.5 Å². The van der Waals surface area contributed by atoms with E-state index in [0.717, 1.165) is 25.4 Å². The van der Waals surface area contributed by atoms with Gasteiger partial charge in [-0.3, -0.25) is 4.90 Å². The molecule has 0 unspecified atom stereocenters. The molecule has 2 nitrogen and oxygen atoms in total. The Balaban J connectivity index is 2.30. The molecule has 0 spiro atoms. The molecule has 116 valence electrons. The van der Waals surface area contributed by atoms with Gasteiger partial charge in [0.2, 0.25) is 0 Å². The number of rotatable bonds is 6. The maximum Gasteiger partial charge on any atom is 0.119 e. The van der Waals surface area contributed by atoms with E-state index < -0.39 is 0 Å². The van der Waals surface area contributed by atoms with Gasteiger partial charge in [-0.05, 0) is 43.0 Å². The molecule has 2 atom stereocenters. The third-order valence-corrected chi connectivity index (χ3v) is 5.08. The highest BCUT2D eigenvalue weighted by atomic mass is 16.5. The molecule has 1 aliphatic rings. The Hall–Kier alpha value is -1.28. The van der Waals surface area contributed by atoms with E-state index in [4.69, 9.17) is 4.74 Å². The van der Waals surface area contributed by atoms with Gasteiger partial charge in [-0.15, -0.1) is 6.58 Å². The fourth-order valence-electron chi connectivity index (χ4n) is 3.93. The van der Waals surface area contributed by atoms with E-state index in [0.29, 0.717) is 11.3 Å². The first-order chi connectivity index (χ1) is 10.2. The van der Waals surface area contributed by atoms with Crippen LogP contribution in [-0.4, -0.2) is 31.6 Å². The lowest BCUT2D eigenvalue weighted by atomic mass is 9.64. The molecular formula is C19H29NO. The van der Waals surface area contributed by atoms with Crippen LogP contribution in [0.4, 0.5) is 0 Å². The Morgan fingerprint density at radius 2 is 2.29 bits per heavy atom. The molecule has 2 rings (SSSR count). The van der Waals surface area contributed by atoms with Gasteiger partial charge < -0.3 is 4.74 Å². The molecule has 1 fully saturated rings. The van der Waals surface area contributed by atoms with Crippen molar-refractivity contribution in [2.24, 2.45) is 5.92 Å². The largest absolute Gasteiger partial charge is 0.497 e. The number of methoxy groups -OCH3 is 1. The van der Waals surface area contributed by atoms with Gasteiger partial charge in [-0.25, -0.2) is 0 Å². The maximum atomic E-state index is 5.44. The Labute approximate surface area is 129 Å². The molecule has 0 bridgehead atoms. The van der Waals surface area contributed by atoms with Crippen molar-refractivity contribution >= 4 is 0 Å².